The highest BCUT2D eigenvalue weighted by Crippen LogP contribution is 2.56. The fourth-order valence-electron chi connectivity index (χ4n) is 20.5. The van der Waals surface area contributed by atoms with E-state index in [0.717, 1.165) is 73.1 Å². The highest BCUT2D eigenvalue weighted by atomic mass is 32.1. The van der Waals surface area contributed by atoms with Gasteiger partial charge in [0.25, 0.3) is 0 Å². The molecule has 0 N–H and O–H groups in total. The van der Waals surface area contributed by atoms with Crippen LogP contribution in [-0.4, -0.2) is 0 Å². The van der Waals surface area contributed by atoms with Gasteiger partial charge in [0.1, 0.15) is 11.2 Å². The van der Waals surface area contributed by atoms with Gasteiger partial charge in [0, 0.05) is 104 Å². The van der Waals surface area contributed by atoms with Gasteiger partial charge in [0.15, 0.2) is 0 Å². The van der Waals surface area contributed by atoms with Gasteiger partial charge < -0.3 is 19.1 Å². The van der Waals surface area contributed by atoms with Crippen molar-refractivity contribution in [1.29, 1.82) is 0 Å². The van der Waals surface area contributed by atoms with Crippen LogP contribution in [0.15, 0.2) is 472 Å². The van der Waals surface area contributed by atoms with Crippen molar-refractivity contribution in [3.05, 3.63) is 478 Å². The zero-order valence-electron chi connectivity index (χ0n) is 70.6. The first kappa shape index (κ1) is 75.6. The Bertz CT molecular complexity index is 8240. The molecular formula is C123H83N3OS. The van der Waals surface area contributed by atoms with E-state index in [1.807, 2.05) is 17.4 Å². The van der Waals surface area contributed by atoms with Gasteiger partial charge in [-0.25, -0.2) is 0 Å². The summed E-state index contributed by atoms with van der Waals surface area (Å²) in [5.41, 5.74) is 22.5. The SMILES string of the molecule is CC1(C)c2ccccc2-c2c1c1ccccc1c1c2ccc2cc(N(c3ccccc3)c3ccccc3)ccc21.c1ccc(-c2ccc(N(c3ccccc3)c3ccc4c(ccc5ccc6ccc7c8ccccc8oc7c6c54)c3)cc2)cc1.c1ccc(-c2ccc(N(c3ccccc3)c3ccc4c(ccc5ccc6ccc7c8ccccc8sc7c6c54)c3)cc2)cc1. The number of thiophene rings is 1. The van der Waals surface area contributed by atoms with E-state index in [1.54, 1.807) is 0 Å². The Kier molecular flexibility index (Phi) is 18.4. The standard InChI is InChI=1S/C42H27NO.C42H27NS.C39H29N/c2*1-3-9-28(10-4-1)29-19-22-34(23-20-29)43(33-11-5-2-6-12-33)35-24-26-36-32(27-35)18-17-30-15-16-31-21-25-38-37-13-7-8-14-39(37)44-42(38)41(31)40(30)36;1-39(2)35-20-12-11-19-33(35)37-34-23-21-26-25-29(40(27-13-5-3-6-14-27)28-15-7-4-8-16-28)22-24-30(26)36(34)31-17-9-10-18-32(31)38(37)39/h2*1-27H;3-25H,1-2H3. The number of para-hydroxylation sites is 5. The van der Waals surface area contributed by atoms with Crippen LogP contribution < -0.4 is 14.7 Å². The average molecular weight is 1650 g/mol. The number of hydrogen-bond donors (Lipinski definition) is 0. The third kappa shape index (κ3) is 12.9. The molecule has 0 radical (unpaired) electrons. The Morgan fingerprint density at radius 3 is 1.06 bits per heavy atom. The van der Waals surface area contributed by atoms with Crippen molar-refractivity contribution in [1.82, 2.24) is 0 Å². The first-order valence-corrected chi connectivity index (χ1v) is 44.9. The number of hydrogen-bond acceptors (Lipinski definition) is 5. The molecule has 1 aliphatic rings. The minimum absolute atomic E-state index is 0.0512. The molecule has 128 heavy (non-hydrogen) atoms. The average Bonchev–Trinajstić information content (AvgIpc) is 1.52. The van der Waals surface area contributed by atoms with Gasteiger partial charge in [0.2, 0.25) is 0 Å². The highest BCUT2D eigenvalue weighted by Gasteiger charge is 2.39. The van der Waals surface area contributed by atoms with Gasteiger partial charge in [-0.1, -0.05) is 354 Å². The maximum absolute atomic E-state index is 6.53. The van der Waals surface area contributed by atoms with Crippen molar-refractivity contribution >= 4 is 202 Å². The molecule has 0 unspecified atom stereocenters. The summed E-state index contributed by atoms with van der Waals surface area (Å²) < 4.78 is 9.24. The fraction of sp³-hybridized carbons (Fsp3) is 0.0244. The van der Waals surface area contributed by atoms with Gasteiger partial charge in [-0.3, -0.25) is 0 Å². The van der Waals surface area contributed by atoms with E-state index in [4.69, 9.17) is 4.42 Å². The second kappa shape index (κ2) is 31.2. The number of furan rings is 1. The monoisotopic (exact) mass is 1650 g/mol. The van der Waals surface area contributed by atoms with E-state index in [9.17, 15) is 0 Å². The fourth-order valence-corrected chi connectivity index (χ4v) is 21.8. The maximum atomic E-state index is 6.53. The van der Waals surface area contributed by atoms with Crippen LogP contribution in [0.1, 0.15) is 25.0 Å². The van der Waals surface area contributed by atoms with E-state index in [2.05, 4.69) is 490 Å². The van der Waals surface area contributed by atoms with Gasteiger partial charge in [-0.2, -0.15) is 0 Å². The first-order chi connectivity index (χ1) is 63.3. The third-order valence-corrected chi connectivity index (χ3v) is 27.6. The van der Waals surface area contributed by atoms with Crippen LogP contribution in [0, 0.1) is 0 Å². The molecule has 602 valence electrons. The van der Waals surface area contributed by atoms with Crippen molar-refractivity contribution < 1.29 is 4.42 Å². The van der Waals surface area contributed by atoms with Gasteiger partial charge >= 0.3 is 0 Å². The Morgan fingerprint density at radius 1 is 0.219 bits per heavy atom. The maximum Gasteiger partial charge on any atom is 0.143 e. The van der Waals surface area contributed by atoms with Crippen LogP contribution >= 0.6 is 11.3 Å². The summed E-state index contributed by atoms with van der Waals surface area (Å²) in [6.45, 7) is 4.76. The van der Waals surface area contributed by atoms with Crippen molar-refractivity contribution in [2.45, 2.75) is 19.3 Å². The molecular weight excluding hydrogens is 1570 g/mol. The lowest BCUT2D eigenvalue weighted by Gasteiger charge is -2.26. The van der Waals surface area contributed by atoms with Crippen LogP contribution in [0.5, 0.6) is 0 Å². The number of rotatable bonds is 11. The molecule has 0 spiro atoms. The van der Waals surface area contributed by atoms with Gasteiger partial charge in [-0.05, 0) is 253 Å². The molecule has 2 heterocycles. The lowest BCUT2D eigenvalue weighted by molar-refractivity contribution is 0.666. The van der Waals surface area contributed by atoms with Crippen molar-refractivity contribution in [3.8, 4) is 33.4 Å². The Morgan fingerprint density at radius 2 is 0.555 bits per heavy atom. The quantitative estimate of drug-likeness (QED) is 0.120. The van der Waals surface area contributed by atoms with Crippen LogP contribution in [-0.2, 0) is 5.41 Å². The Hall–Kier alpha value is -16.2. The molecule has 1 aliphatic carbocycles. The second-order valence-electron chi connectivity index (χ2n) is 34.1. The van der Waals surface area contributed by atoms with Crippen molar-refractivity contribution in [2.75, 3.05) is 14.7 Å². The molecule has 26 rings (SSSR count). The normalized spacial score (nSPS) is 12.2. The largest absolute Gasteiger partial charge is 0.455 e. The lowest BCUT2D eigenvalue weighted by atomic mass is 9.79. The second-order valence-corrected chi connectivity index (χ2v) is 35.1. The summed E-state index contributed by atoms with van der Waals surface area (Å²) in [7, 11) is 0. The molecule has 0 saturated carbocycles. The number of fused-ring (bicyclic) bond motifs is 28. The molecule has 0 atom stereocenters. The van der Waals surface area contributed by atoms with Crippen LogP contribution in [0.25, 0.3) is 172 Å². The molecule has 5 heteroatoms. The minimum atomic E-state index is -0.0512. The number of anilines is 9. The van der Waals surface area contributed by atoms with Crippen molar-refractivity contribution in [2.24, 2.45) is 0 Å². The Balaban J connectivity index is 0.000000107. The van der Waals surface area contributed by atoms with E-state index in [-0.39, 0.29) is 5.41 Å². The summed E-state index contributed by atoms with van der Waals surface area (Å²) in [5, 5.41) is 27.9. The molecule has 4 nitrogen and oxygen atoms in total. The first-order valence-electron chi connectivity index (χ1n) is 44.1. The zero-order valence-corrected chi connectivity index (χ0v) is 71.4. The molecule has 0 bridgehead atoms. The summed E-state index contributed by atoms with van der Waals surface area (Å²) in [6.07, 6.45) is 0. The Labute approximate surface area is 746 Å². The summed E-state index contributed by atoms with van der Waals surface area (Å²) in [5.74, 6) is 0. The highest BCUT2D eigenvalue weighted by molar-refractivity contribution is 7.26. The van der Waals surface area contributed by atoms with E-state index >= 15 is 0 Å². The van der Waals surface area contributed by atoms with E-state index < -0.39 is 0 Å². The van der Waals surface area contributed by atoms with Crippen molar-refractivity contribution in [3.63, 3.8) is 0 Å². The summed E-state index contributed by atoms with van der Waals surface area (Å²) in [4.78, 5) is 7.02. The topological polar surface area (TPSA) is 22.9 Å². The summed E-state index contributed by atoms with van der Waals surface area (Å²) >= 11 is 1.91. The smallest absolute Gasteiger partial charge is 0.143 e. The predicted octanol–water partition coefficient (Wildman–Crippen LogP) is 35.8. The van der Waals surface area contributed by atoms with E-state index in [1.165, 1.54) is 162 Å². The van der Waals surface area contributed by atoms with Gasteiger partial charge in [-0.15, -0.1) is 11.3 Å². The molecule has 0 aliphatic heterocycles. The molecule has 23 aromatic carbocycles. The molecule has 25 aromatic rings. The van der Waals surface area contributed by atoms with Gasteiger partial charge in [0.05, 0.1) is 0 Å². The van der Waals surface area contributed by atoms with Crippen LogP contribution in [0.2, 0.25) is 0 Å². The number of benzene rings is 23. The molecule has 2 aromatic heterocycles. The lowest BCUT2D eigenvalue weighted by Crippen LogP contribution is -2.15. The molecule has 0 fully saturated rings. The van der Waals surface area contributed by atoms with E-state index in [0.29, 0.717) is 0 Å². The summed E-state index contributed by atoms with van der Waals surface area (Å²) in [6, 6.07) is 169. The number of nitrogens with zero attached hydrogens (tertiary/aromatic N) is 3. The molecule has 0 saturated heterocycles. The van der Waals surface area contributed by atoms with Crippen LogP contribution in [0.4, 0.5) is 51.2 Å². The van der Waals surface area contributed by atoms with Crippen LogP contribution in [0.3, 0.4) is 0 Å². The minimum Gasteiger partial charge on any atom is -0.455 e. The molecule has 0 amide bonds. The third-order valence-electron chi connectivity index (χ3n) is 26.4. The predicted molar refractivity (Wildman–Crippen MR) is 550 cm³/mol. The zero-order chi connectivity index (χ0) is 84.9.